The lowest BCUT2D eigenvalue weighted by atomic mass is 10.1. The molecule has 3 rings (SSSR count). The van der Waals surface area contributed by atoms with Crippen LogP contribution >= 0.6 is 0 Å². The van der Waals surface area contributed by atoms with Crippen LogP contribution in [-0.4, -0.2) is 48.7 Å². The SMILES string of the molecule is COC(=O)[C@H]1[C@H](NC(=O)[C@H](Cc2ccccc2)NC(=O)OC(C)(C)C)[C@@H]1C(=O)OCc1ccccc1. The third kappa shape index (κ3) is 7.56. The van der Waals surface area contributed by atoms with Gasteiger partial charge in [0.2, 0.25) is 5.91 Å². The molecule has 1 fully saturated rings. The Labute approximate surface area is 210 Å². The van der Waals surface area contributed by atoms with Gasteiger partial charge in [-0.1, -0.05) is 60.7 Å². The zero-order chi connectivity index (χ0) is 26.3. The van der Waals surface area contributed by atoms with Crippen LogP contribution in [0.4, 0.5) is 4.79 Å². The normalized spacial score (nSPS) is 19.4. The standard InChI is InChI=1S/C27H32N2O7/c1-27(2,3)36-26(33)28-19(15-17-11-7-5-8-12-17)23(30)29-22-20(24(31)34-4)21(22)25(32)35-16-18-13-9-6-10-14-18/h5-14,19-22H,15-16H2,1-4H3,(H,28,33)(H,29,30)/t19-,20+,21+,22-/m0/s1. The molecular weight excluding hydrogens is 464 g/mol. The second-order valence-electron chi connectivity index (χ2n) is 9.59. The summed E-state index contributed by atoms with van der Waals surface area (Å²) < 4.78 is 15.5. The van der Waals surface area contributed by atoms with E-state index in [2.05, 4.69) is 10.6 Å². The van der Waals surface area contributed by atoms with E-state index in [1.165, 1.54) is 7.11 Å². The van der Waals surface area contributed by atoms with E-state index >= 15 is 0 Å². The Morgan fingerprint density at radius 3 is 1.97 bits per heavy atom. The Morgan fingerprint density at radius 1 is 0.861 bits per heavy atom. The fraction of sp³-hybridized carbons (Fsp3) is 0.407. The minimum atomic E-state index is -0.998. The quantitative estimate of drug-likeness (QED) is 0.405. The minimum Gasteiger partial charge on any atom is -0.469 e. The van der Waals surface area contributed by atoms with Crippen molar-refractivity contribution in [3.05, 3.63) is 71.8 Å². The highest BCUT2D eigenvalue weighted by molar-refractivity contribution is 5.93. The lowest BCUT2D eigenvalue weighted by Gasteiger charge is -2.23. The highest BCUT2D eigenvalue weighted by Gasteiger charge is 2.62. The largest absolute Gasteiger partial charge is 0.469 e. The third-order valence-corrected chi connectivity index (χ3v) is 5.59. The van der Waals surface area contributed by atoms with Crippen LogP contribution in [0.2, 0.25) is 0 Å². The summed E-state index contributed by atoms with van der Waals surface area (Å²) >= 11 is 0. The van der Waals surface area contributed by atoms with E-state index in [1.807, 2.05) is 60.7 Å². The molecule has 0 spiro atoms. The van der Waals surface area contributed by atoms with Gasteiger partial charge in [-0.25, -0.2) is 4.79 Å². The van der Waals surface area contributed by atoms with E-state index < -0.39 is 53.5 Å². The molecule has 0 bridgehead atoms. The van der Waals surface area contributed by atoms with Gasteiger partial charge in [-0.15, -0.1) is 0 Å². The summed E-state index contributed by atoms with van der Waals surface area (Å²) in [5, 5.41) is 5.32. The van der Waals surface area contributed by atoms with Gasteiger partial charge in [0.25, 0.3) is 0 Å². The van der Waals surface area contributed by atoms with Gasteiger partial charge in [-0.3, -0.25) is 14.4 Å². The minimum absolute atomic E-state index is 0.0432. The van der Waals surface area contributed by atoms with Crippen molar-refractivity contribution >= 4 is 23.9 Å². The molecule has 0 heterocycles. The third-order valence-electron chi connectivity index (χ3n) is 5.59. The maximum Gasteiger partial charge on any atom is 0.408 e. The topological polar surface area (TPSA) is 120 Å². The molecule has 9 nitrogen and oxygen atoms in total. The van der Waals surface area contributed by atoms with Gasteiger partial charge < -0.3 is 24.8 Å². The molecular formula is C27H32N2O7. The molecule has 0 unspecified atom stereocenters. The molecule has 1 saturated carbocycles. The number of hydrogen-bond acceptors (Lipinski definition) is 7. The van der Waals surface area contributed by atoms with Gasteiger partial charge >= 0.3 is 18.0 Å². The molecule has 0 aromatic heterocycles. The maximum absolute atomic E-state index is 13.2. The molecule has 4 atom stereocenters. The van der Waals surface area contributed by atoms with Crippen LogP contribution < -0.4 is 10.6 Å². The number of amides is 2. The summed E-state index contributed by atoms with van der Waals surface area (Å²) in [6, 6.07) is 16.5. The fourth-order valence-electron chi connectivity index (χ4n) is 3.81. The first-order chi connectivity index (χ1) is 17.1. The molecule has 1 aliphatic carbocycles. The summed E-state index contributed by atoms with van der Waals surface area (Å²) in [5.74, 6) is -3.55. The molecule has 2 aromatic carbocycles. The molecule has 1 aliphatic rings. The van der Waals surface area contributed by atoms with Crippen LogP contribution in [0.25, 0.3) is 0 Å². The number of hydrogen-bond donors (Lipinski definition) is 2. The van der Waals surface area contributed by atoms with Crippen molar-refractivity contribution in [2.75, 3.05) is 7.11 Å². The predicted molar refractivity (Wildman–Crippen MR) is 130 cm³/mol. The lowest BCUT2D eigenvalue weighted by Crippen LogP contribution is -2.50. The Kier molecular flexibility index (Phi) is 8.68. The number of carbonyl (C=O) groups excluding carboxylic acids is 4. The van der Waals surface area contributed by atoms with Crippen LogP contribution in [0.1, 0.15) is 31.9 Å². The average molecular weight is 497 g/mol. The van der Waals surface area contributed by atoms with Gasteiger partial charge in [0.05, 0.1) is 25.0 Å². The monoisotopic (exact) mass is 496 g/mol. The van der Waals surface area contributed by atoms with E-state index in [0.717, 1.165) is 11.1 Å². The molecule has 36 heavy (non-hydrogen) atoms. The van der Waals surface area contributed by atoms with Crippen molar-refractivity contribution in [3.8, 4) is 0 Å². The van der Waals surface area contributed by atoms with Crippen LogP contribution in [0.3, 0.4) is 0 Å². The van der Waals surface area contributed by atoms with Crippen LogP contribution in [-0.2, 0) is 41.6 Å². The van der Waals surface area contributed by atoms with Crippen molar-refractivity contribution in [3.63, 3.8) is 0 Å². The van der Waals surface area contributed by atoms with Crippen molar-refractivity contribution in [1.29, 1.82) is 0 Å². The number of ether oxygens (including phenoxy) is 3. The zero-order valence-corrected chi connectivity index (χ0v) is 20.9. The Hall–Kier alpha value is -3.88. The number of methoxy groups -OCH3 is 1. The van der Waals surface area contributed by atoms with Gasteiger partial charge in [-0.05, 0) is 31.9 Å². The lowest BCUT2D eigenvalue weighted by molar-refractivity contribution is -0.150. The van der Waals surface area contributed by atoms with E-state index in [-0.39, 0.29) is 13.0 Å². The molecule has 0 saturated heterocycles. The smallest absolute Gasteiger partial charge is 0.408 e. The summed E-state index contributed by atoms with van der Waals surface area (Å²) in [6.45, 7) is 5.20. The second-order valence-corrected chi connectivity index (χ2v) is 9.59. The first-order valence-electron chi connectivity index (χ1n) is 11.7. The zero-order valence-electron chi connectivity index (χ0n) is 20.9. The highest BCUT2D eigenvalue weighted by Crippen LogP contribution is 2.41. The summed E-state index contributed by atoms with van der Waals surface area (Å²) in [4.78, 5) is 50.6. The van der Waals surface area contributed by atoms with E-state index in [9.17, 15) is 19.2 Å². The fourth-order valence-corrected chi connectivity index (χ4v) is 3.81. The number of carbonyl (C=O) groups is 4. The van der Waals surface area contributed by atoms with Crippen molar-refractivity contribution in [1.82, 2.24) is 10.6 Å². The Morgan fingerprint density at radius 2 is 1.42 bits per heavy atom. The van der Waals surface area contributed by atoms with Gasteiger partial charge in [0.15, 0.2) is 0 Å². The maximum atomic E-state index is 13.2. The summed E-state index contributed by atoms with van der Waals surface area (Å²) in [7, 11) is 1.22. The van der Waals surface area contributed by atoms with Gasteiger partial charge in [0.1, 0.15) is 18.2 Å². The molecule has 0 radical (unpaired) electrons. The molecule has 0 aliphatic heterocycles. The molecule has 9 heteroatoms. The van der Waals surface area contributed by atoms with Gasteiger partial charge in [-0.2, -0.15) is 0 Å². The van der Waals surface area contributed by atoms with E-state index in [0.29, 0.717) is 0 Å². The van der Waals surface area contributed by atoms with E-state index in [1.54, 1.807) is 20.8 Å². The number of rotatable bonds is 9. The molecule has 192 valence electrons. The average Bonchev–Trinajstić information content (AvgIpc) is 3.55. The molecule has 2 aromatic rings. The number of alkyl carbamates (subject to hydrolysis) is 1. The molecule has 2 N–H and O–H groups in total. The van der Waals surface area contributed by atoms with Crippen LogP contribution in [0.15, 0.2) is 60.7 Å². The number of nitrogens with one attached hydrogen (secondary N) is 2. The van der Waals surface area contributed by atoms with Crippen molar-refractivity contribution in [2.24, 2.45) is 11.8 Å². The van der Waals surface area contributed by atoms with Crippen molar-refractivity contribution in [2.45, 2.75) is 51.5 Å². The first-order valence-corrected chi connectivity index (χ1v) is 11.7. The first kappa shape index (κ1) is 26.7. The number of benzene rings is 2. The van der Waals surface area contributed by atoms with Gasteiger partial charge in [0, 0.05) is 6.42 Å². The summed E-state index contributed by atoms with van der Waals surface area (Å²) in [6.07, 6.45) is -0.567. The van der Waals surface area contributed by atoms with Crippen LogP contribution in [0.5, 0.6) is 0 Å². The predicted octanol–water partition coefficient (Wildman–Crippen LogP) is 2.77. The Balaban J connectivity index is 1.69. The van der Waals surface area contributed by atoms with E-state index in [4.69, 9.17) is 14.2 Å². The summed E-state index contributed by atoms with van der Waals surface area (Å²) in [5.41, 5.74) is 0.858. The Bertz CT molecular complexity index is 1070. The highest BCUT2D eigenvalue weighted by atomic mass is 16.6. The van der Waals surface area contributed by atoms with Crippen molar-refractivity contribution < 1.29 is 33.4 Å². The number of esters is 2. The van der Waals surface area contributed by atoms with Crippen LogP contribution in [0, 0.1) is 11.8 Å². The molecule has 2 amide bonds. The second kappa shape index (κ2) is 11.7.